The number of rotatable bonds is 1. The minimum atomic E-state index is -2.66. The number of nitrogens with zero attached hydrogens (tertiary/aromatic N) is 3. The van der Waals surface area contributed by atoms with Crippen molar-refractivity contribution < 1.29 is 18.2 Å². The summed E-state index contributed by atoms with van der Waals surface area (Å²) in [6, 6.07) is 6.02. The quantitative estimate of drug-likeness (QED) is 0.718. The molecule has 1 heterocycles. The highest BCUT2D eigenvalue weighted by Crippen LogP contribution is 2.20. The van der Waals surface area contributed by atoms with Crippen molar-refractivity contribution in [2.75, 3.05) is 37.0 Å². The van der Waals surface area contributed by atoms with Gasteiger partial charge in [-0.3, -0.25) is 9.59 Å². The van der Waals surface area contributed by atoms with Crippen molar-refractivity contribution in [1.82, 2.24) is 4.90 Å². The molecule has 2 amide bonds. The van der Waals surface area contributed by atoms with Crippen LogP contribution in [0.2, 0.25) is 0 Å². The Morgan fingerprint density at radius 1 is 1.30 bits per heavy atom. The van der Waals surface area contributed by atoms with Crippen LogP contribution in [-0.4, -0.2) is 59.1 Å². The van der Waals surface area contributed by atoms with Gasteiger partial charge in [0.15, 0.2) is 0 Å². The minimum absolute atomic E-state index is 0.233. The Morgan fingerprint density at radius 2 is 2.00 bits per heavy atom. The molecular weight excluding hydrogens is 321 g/mol. The molecule has 1 aromatic carbocycles. The van der Waals surface area contributed by atoms with E-state index in [1.807, 2.05) is 11.8 Å². The summed E-state index contributed by atoms with van der Waals surface area (Å²) in [6.07, 6.45) is 2.62. The monoisotopic (exact) mass is 341 g/mol. The number of carbonyl (C=O) groups is 2. The molecule has 0 saturated carbocycles. The van der Waals surface area contributed by atoms with Crippen molar-refractivity contribution in [3.63, 3.8) is 0 Å². The van der Waals surface area contributed by atoms with Crippen LogP contribution in [0.5, 0.6) is 0 Å². The summed E-state index contributed by atoms with van der Waals surface area (Å²) in [5.74, 6) is -2.04. The third kappa shape index (κ3) is 4.51. The van der Waals surface area contributed by atoms with E-state index in [4.69, 9.17) is 0 Å². The standard InChI is InChI=1S/C15H20FN3O3S/c1-11-10-18(13-6-4-5-12(16)9-13)7-8-19(11)15(21)14(20)17-23(2,3)22/h4-6,9,11H,7-8,10H2,1-3H3. The van der Waals surface area contributed by atoms with Gasteiger partial charge in [-0.15, -0.1) is 0 Å². The van der Waals surface area contributed by atoms with Gasteiger partial charge in [0.2, 0.25) is 0 Å². The maximum Gasteiger partial charge on any atom is 0.343 e. The molecule has 1 aromatic rings. The van der Waals surface area contributed by atoms with Crippen LogP contribution in [0.4, 0.5) is 10.1 Å². The second-order valence-corrected chi connectivity index (χ2v) is 8.40. The lowest BCUT2D eigenvalue weighted by molar-refractivity contribution is -0.145. The summed E-state index contributed by atoms with van der Waals surface area (Å²) >= 11 is 0. The molecule has 1 saturated heterocycles. The highest BCUT2D eigenvalue weighted by molar-refractivity contribution is 7.92. The van der Waals surface area contributed by atoms with Crippen LogP contribution < -0.4 is 4.90 Å². The summed E-state index contributed by atoms with van der Waals surface area (Å²) in [7, 11) is -2.66. The van der Waals surface area contributed by atoms with Gasteiger partial charge < -0.3 is 9.80 Å². The topological polar surface area (TPSA) is 70.1 Å². The molecule has 23 heavy (non-hydrogen) atoms. The van der Waals surface area contributed by atoms with Crippen LogP contribution in [0.1, 0.15) is 6.92 Å². The van der Waals surface area contributed by atoms with Crippen LogP contribution >= 0.6 is 0 Å². The molecule has 8 heteroatoms. The largest absolute Gasteiger partial charge is 0.368 e. The number of carbonyl (C=O) groups excluding carboxylic acids is 2. The average Bonchev–Trinajstić information content (AvgIpc) is 2.44. The molecule has 1 aliphatic rings. The lowest BCUT2D eigenvalue weighted by Crippen LogP contribution is -2.55. The smallest absolute Gasteiger partial charge is 0.343 e. The minimum Gasteiger partial charge on any atom is -0.368 e. The van der Waals surface area contributed by atoms with Crippen molar-refractivity contribution in [2.24, 2.45) is 4.36 Å². The predicted octanol–water partition coefficient (Wildman–Crippen LogP) is 1.12. The van der Waals surface area contributed by atoms with Crippen molar-refractivity contribution in [1.29, 1.82) is 0 Å². The number of amides is 2. The Morgan fingerprint density at radius 3 is 2.57 bits per heavy atom. The number of anilines is 1. The van der Waals surface area contributed by atoms with E-state index in [0.717, 1.165) is 5.69 Å². The molecule has 1 fully saturated rings. The molecule has 6 nitrogen and oxygen atoms in total. The number of piperazine rings is 1. The molecular formula is C15H20FN3O3S. The molecule has 0 N–H and O–H groups in total. The van der Waals surface area contributed by atoms with Crippen molar-refractivity contribution in [3.05, 3.63) is 30.1 Å². The first-order valence-electron chi connectivity index (χ1n) is 7.20. The van der Waals surface area contributed by atoms with Crippen LogP contribution in [0.25, 0.3) is 0 Å². The van der Waals surface area contributed by atoms with Crippen molar-refractivity contribution in [3.8, 4) is 0 Å². The van der Waals surface area contributed by atoms with Gasteiger partial charge in [-0.2, -0.15) is 4.36 Å². The summed E-state index contributed by atoms with van der Waals surface area (Å²) in [6.45, 7) is 3.11. The van der Waals surface area contributed by atoms with E-state index in [0.29, 0.717) is 19.6 Å². The number of halogens is 1. The van der Waals surface area contributed by atoms with Gasteiger partial charge in [-0.25, -0.2) is 8.60 Å². The molecule has 0 aromatic heterocycles. The normalized spacial score (nSPS) is 18.7. The first kappa shape index (κ1) is 17.4. The van der Waals surface area contributed by atoms with Gasteiger partial charge >= 0.3 is 11.8 Å². The lowest BCUT2D eigenvalue weighted by Gasteiger charge is -2.40. The summed E-state index contributed by atoms with van der Waals surface area (Å²) < 4.78 is 28.3. The van der Waals surface area contributed by atoms with Gasteiger partial charge in [0.25, 0.3) is 0 Å². The molecule has 0 aliphatic carbocycles. The van der Waals surface area contributed by atoms with Gasteiger partial charge in [-0.05, 0) is 25.1 Å². The van der Waals surface area contributed by atoms with E-state index in [9.17, 15) is 18.2 Å². The molecule has 0 bridgehead atoms. The van der Waals surface area contributed by atoms with Crippen molar-refractivity contribution >= 4 is 27.2 Å². The van der Waals surface area contributed by atoms with E-state index in [1.165, 1.54) is 29.5 Å². The summed E-state index contributed by atoms with van der Waals surface area (Å²) in [5, 5.41) is 0. The molecule has 0 radical (unpaired) electrons. The molecule has 1 aliphatic heterocycles. The number of hydrogen-bond acceptors (Lipinski definition) is 4. The zero-order chi connectivity index (χ0) is 17.2. The van der Waals surface area contributed by atoms with Gasteiger partial charge in [0.05, 0.1) is 0 Å². The van der Waals surface area contributed by atoms with Crippen LogP contribution in [0, 0.1) is 5.82 Å². The van der Waals surface area contributed by atoms with E-state index >= 15 is 0 Å². The SMILES string of the molecule is CC1CN(c2cccc(F)c2)CCN1C(=O)C(=O)N=S(C)(C)=O. The van der Waals surface area contributed by atoms with Crippen LogP contribution in [0.3, 0.4) is 0 Å². The lowest BCUT2D eigenvalue weighted by atomic mass is 10.1. The van der Waals surface area contributed by atoms with Gasteiger partial charge in [0, 0.05) is 53.6 Å². The molecule has 0 spiro atoms. The third-order valence-electron chi connectivity index (χ3n) is 3.55. The van der Waals surface area contributed by atoms with E-state index < -0.39 is 21.5 Å². The Hall–Kier alpha value is -1.96. The highest BCUT2D eigenvalue weighted by Gasteiger charge is 2.31. The van der Waals surface area contributed by atoms with E-state index in [1.54, 1.807) is 12.1 Å². The van der Waals surface area contributed by atoms with Gasteiger partial charge in [-0.1, -0.05) is 6.07 Å². The Kier molecular flexibility index (Phi) is 5.03. The van der Waals surface area contributed by atoms with Crippen molar-refractivity contribution in [2.45, 2.75) is 13.0 Å². The van der Waals surface area contributed by atoms with Gasteiger partial charge in [0.1, 0.15) is 5.82 Å². The zero-order valence-corrected chi connectivity index (χ0v) is 14.2. The fourth-order valence-electron chi connectivity index (χ4n) is 2.53. The number of hydrogen-bond donors (Lipinski definition) is 0. The summed E-state index contributed by atoms with van der Waals surface area (Å²) in [4.78, 5) is 27.3. The third-order valence-corrected chi connectivity index (χ3v) is 4.15. The molecule has 2 rings (SSSR count). The molecule has 1 atom stereocenters. The maximum atomic E-state index is 13.3. The highest BCUT2D eigenvalue weighted by atomic mass is 32.2. The second kappa shape index (κ2) is 6.66. The Bertz CT molecular complexity index is 735. The second-order valence-electron chi connectivity index (χ2n) is 5.85. The Balaban J connectivity index is 2.08. The fraction of sp³-hybridized carbons (Fsp3) is 0.467. The maximum absolute atomic E-state index is 13.3. The first-order chi connectivity index (χ1) is 10.7. The average molecular weight is 341 g/mol. The summed E-state index contributed by atoms with van der Waals surface area (Å²) in [5.41, 5.74) is 0.741. The fourth-order valence-corrected chi connectivity index (χ4v) is 3.01. The Labute approximate surface area is 135 Å². The predicted molar refractivity (Wildman–Crippen MR) is 87.2 cm³/mol. The zero-order valence-electron chi connectivity index (χ0n) is 13.4. The first-order valence-corrected chi connectivity index (χ1v) is 9.53. The van der Waals surface area contributed by atoms with Crippen LogP contribution in [-0.2, 0) is 19.3 Å². The van der Waals surface area contributed by atoms with E-state index in [2.05, 4.69) is 4.36 Å². The molecule has 1 unspecified atom stereocenters. The van der Waals surface area contributed by atoms with Crippen LogP contribution in [0.15, 0.2) is 28.6 Å². The number of benzene rings is 1. The molecule has 126 valence electrons. The van der Waals surface area contributed by atoms with E-state index in [-0.39, 0.29) is 11.9 Å².